The van der Waals surface area contributed by atoms with Gasteiger partial charge in [0.1, 0.15) is 9.47 Å². The number of aromatic amines is 1. The Bertz CT molecular complexity index is 646. The van der Waals surface area contributed by atoms with Crippen molar-refractivity contribution in [1.29, 1.82) is 0 Å². The zero-order chi connectivity index (χ0) is 12.9. The van der Waals surface area contributed by atoms with Crippen molar-refractivity contribution in [2.75, 3.05) is 0 Å². The maximum absolute atomic E-state index is 5.41. The van der Waals surface area contributed by atoms with Gasteiger partial charge >= 0.3 is 0 Å². The summed E-state index contributed by atoms with van der Waals surface area (Å²) in [4.78, 5) is 10.1. The first-order valence-corrected chi connectivity index (χ1v) is 7.67. The number of hydrogen-bond acceptors (Lipinski definition) is 3. The summed E-state index contributed by atoms with van der Waals surface area (Å²) in [5.41, 5.74) is 1.86. The Kier molecular flexibility index (Phi) is 2.83. The lowest BCUT2D eigenvalue weighted by atomic mass is 9.72. The van der Waals surface area contributed by atoms with Crippen LogP contribution in [-0.4, -0.2) is 9.97 Å². The summed E-state index contributed by atoms with van der Waals surface area (Å²) in [6.07, 6.45) is 5.33. The molecule has 0 aromatic carbocycles. The SMILES string of the molecule is CC(C)(C)[C@H]1CCc2c(sc3nc[nH]c(=S)c23)C1. The number of thiophene rings is 1. The van der Waals surface area contributed by atoms with Crippen molar-refractivity contribution in [2.24, 2.45) is 11.3 Å². The van der Waals surface area contributed by atoms with Crippen LogP contribution in [0.4, 0.5) is 0 Å². The minimum Gasteiger partial charge on any atom is -0.337 e. The molecule has 0 saturated heterocycles. The van der Waals surface area contributed by atoms with Crippen LogP contribution in [0.2, 0.25) is 0 Å². The van der Waals surface area contributed by atoms with Gasteiger partial charge in [-0.25, -0.2) is 4.98 Å². The highest BCUT2D eigenvalue weighted by atomic mass is 32.1. The normalized spacial score (nSPS) is 20.1. The monoisotopic (exact) mass is 278 g/mol. The van der Waals surface area contributed by atoms with Crippen LogP contribution in [-0.2, 0) is 12.8 Å². The molecule has 3 rings (SSSR count). The third-order valence-electron chi connectivity index (χ3n) is 4.08. The molecule has 1 aliphatic rings. The Hall–Kier alpha value is -0.740. The van der Waals surface area contributed by atoms with Crippen molar-refractivity contribution in [2.45, 2.75) is 40.0 Å². The van der Waals surface area contributed by atoms with E-state index in [0.29, 0.717) is 5.41 Å². The summed E-state index contributed by atoms with van der Waals surface area (Å²) in [6, 6.07) is 0. The number of fused-ring (bicyclic) bond motifs is 3. The molecule has 96 valence electrons. The fourth-order valence-corrected chi connectivity index (χ4v) is 4.47. The summed E-state index contributed by atoms with van der Waals surface area (Å²) >= 11 is 7.24. The molecule has 4 heteroatoms. The molecule has 0 radical (unpaired) electrons. The second-order valence-corrected chi connectivity index (χ2v) is 7.71. The van der Waals surface area contributed by atoms with Gasteiger partial charge in [-0.3, -0.25) is 0 Å². The van der Waals surface area contributed by atoms with Crippen LogP contribution >= 0.6 is 23.6 Å². The lowest BCUT2D eigenvalue weighted by Crippen LogP contribution is -2.26. The van der Waals surface area contributed by atoms with Gasteiger partial charge in [0.25, 0.3) is 0 Å². The highest BCUT2D eigenvalue weighted by Crippen LogP contribution is 2.42. The number of H-pyrrole nitrogens is 1. The zero-order valence-electron chi connectivity index (χ0n) is 11.0. The van der Waals surface area contributed by atoms with E-state index in [9.17, 15) is 0 Å². The molecule has 0 spiro atoms. The summed E-state index contributed by atoms with van der Waals surface area (Å²) in [5.74, 6) is 0.774. The summed E-state index contributed by atoms with van der Waals surface area (Å²) in [5, 5.41) is 1.21. The van der Waals surface area contributed by atoms with E-state index in [1.54, 1.807) is 6.33 Å². The van der Waals surface area contributed by atoms with Crippen molar-refractivity contribution in [1.82, 2.24) is 9.97 Å². The molecule has 2 nitrogen and oxygen atoms in total. The Balaban J connectivity index is 2.11. The fourth-order valence-electron chi connectivity index (χ4n) is 2.86. The first-order valence-electron chi connectivity index (χ1n) is 6.45. The largest absolute Gasteiger partial charge is 0.337 e. The third-order valence-corrected chi connectivity index (χ3v) is 5.56. The molecule has 1 atom stereocenters. The molecule has 0 bridgehead atoms. The van der Waals surface area contributed by atoms with Gasteiger partial charge in [0, 0.05) is 10.3 Å². The van der Waals surface area contributed by atoms with Crippen LogP contribution in [0.3, 0.4) is 0 Å². The van der Waals surface area contributed by atoms with Gasteiger partial charge in [0.2, 0.25) is 0 Å². The predicted octanol–water partition coefficient (Wildman–Crippen LogP) is 4.50. The molecule has 2 aromatic heterocycles. The first-order chi connectivity index (χ1) is 8.47. The molecule has 0 amide bonds. The highest BCUT2D eigenvalue weighted by Gasteiger charge is 2.31. The fraction of sp³-hybridized carbons (Fsp3) is 0.571. The molecule has 1 N–H and O–H groups in total. The first kappa shape index (κ1) is 12.3. The third kappa shape index (κ3) is 1.91. The van der Waals surface area contributed by atoms with E-state index in [2.05, 4.69) is 30.7 Å². The Morgan fingerprint density at radius 1 is 1.44 bits per heavy atom. The van der Waals surface area contributed by atoms with Gasteiger partial charge in [-0.1, -0.05) is 33.0 Å². The van der Waals surface area contributed by atoms with Crippen LogP contribution < -0.4 is 0 Å². The van der Waals surface area contributed by atoms with Crippen molar-refractivity contribution in [3.8, 4) is 0 Å². The van der Waals surface area contributed by atoms with Gasteiger partial charge < -0.3 is 4.98 Å². The molecule has 0 saturated carbocycles. The smallest absolute Gasteiger partial charge is 0.128 e. The van der Waals surface area contributed by atoms with E-state index < -0.39 is 0 Å². The van der Waals surface area contributed by atoms with Gasteiger partial charge in [-0.05, 0) is 36.2 Å². The molecule has 1 aliphatic carbocycles. The van der Waals surface area contributed by atoms with Crippen molar-refractivity contribution in [3.63, 3.8) is 0 Å². The predicted molar refractivity (Wildman–Crippen MR) is 79.8 cm³/mol. The van der Waals surface area contributed by atoms with Gasteiger partial charge in [-0.2, -0.15) is 0 Å². The number of aryl methyl sites for hydroxylation is 1. The second kappa shape index (κ2) is 4.14. The van der Waals surface area contributed by atoms with Gasteiger partial charge in [0.15, 0.2) is 0 Å². The quantitative estimate of drug-likeness (QED) is 0.719. The van der Waals surface area contributed by atoms with E-state index >= 15 is 0 Å². The average Bonchev–Trinajstić information content (AvgIpc) is 2.66. The number of hydrogen-bond donors (Lipinski definition) is 1. The van der Waals surface area contributed by atoms with Crippen LogP contribution in [0.15, 0.2) is 6.33 Å². The van der Waals surface area contributed by atoms with E-state index in [1.165, 1.54) is 28.7 Å². The highest BCUT2D eigenvalue weighted by molar-refractivity contribution is 7.71. The van der Waals surface area contributed by atoms with E-state index in [1.807, 2.05) is 11.3 Å². The molecule has 18 heavy (non-hydrogen) atoms. The lowest BCUT2D eigenvalue weighted by molar-refractivity contribution is 0.218. The Morgan fingerprint density at radius 3 is 2.94 bits per heavy atom. The molecular formula is C14H18N2S2. The summed E-state index contributed by atoms with van der Waals surface area (Å²) < 4.78 is 0.853. The van der Waals surface area contributed by atoms with Crippen molar-refractivity contribution < 1.29 is 0 Å². The van der Waals surface area contributed by atoms with Crippen LogP contribution in [0.5, 0.6) is 0 Å². The molecule has 0 unspecified atom stereocenters. The summed E-state index contributed by atoms with van der Waals surface area (Å²) in [6.45, 7) is 7.04. The minimum atomic E-state index is 0.393. The van der Waals surface area contributed by atoms with Gasteiger partial charge in [-0.15, -0.1) is 11.3 Å². The molecular weight excluding hydrogens is 260 g/mol. The maximum Gasteiger partial charge on any atom is 0.128 e. The number of aromatic nitrogens is 2. The lowest BCUT2D eigenvalue weighted by Gasteiger charge is -2.33. The van der Waals surface area contributed by atoms with Gasteiger partial charge in [0.05, 0.1) is 6.33 Å². The van der Waals surface area contributed by atoms with E-state index in [4.69, 9.17) is 12.2 Å². The molecule has 0 aliphatic heterocycles. The second-order valence-electron chi connectivity index (χ2n) is 6.22. The number of nitrogens with one attached hydrogen (secondary N) is 1. The zero-order valence-corrected chi connectivity index (χ0v) is 12.7. The molecule has 2 aromatic rings. The Labute approximate surface area is 116 Å². The Morgan fingerprint density at radius 2 is 2.22 bits per heavy atom. The number of nitrogens with zero attached hydrogens (tertiary/aromatic N) is 1. The minimum absolute atomic E-state index is 0.393. The summed E-state index contributed by atoms with van der Waals surface area (Å²) in [7, 11) is 0. The van der Waals surface area contributed by atoms with Crippen LogP contribution in [0, 0.1) is 16.0 Å². The number of rotatable bonds is 0. The van der Waals surface area contributed by atoms with E-state index in [-0.39, 0.29) is 0 Å². The van der Waals surface area contributed by atoms with Crippen LogP contribution in [0.25, 0.3) is 10.2 Å². The maximum atomic E-state index is 5.41. The average molecular weight is 278 g/mol. The standard InChI is InChI=1S/C14H18N2S2/c1-14(2,3)8-4-5-9-10(6-8)18-13-11(9)12(17)15-7-16-13/h7-8H,4-6H2,1-3H3,(H,15,16,17)/t8-/m0/s1. The van der Waals surface area contributed by atoms with Crippen LogP contribution in [0.1, 0.15) is 37.6 Å². The van der Waals surface area contributed by atoms with Crippen molar-refractivity contribution >= 4 is 33.8 Å². The molecule has 2 heterocycles. The van der Waals surface area contributed by atoms with E-state index in [0.717, 1.165) is 21.8 Å². The van der Waals surface area contributed by atoms with Crippen molar-refractivity contribution in [3.05, 3.63) is 21.4 Å². The molecule has 0 fully saturated rings. The topological polar surface area (TPSA) is 28.7 Å².